The molecule has 1 saturated heterocycles. The second-order valence-corrected chi connectivity index (χ2v) is 9.95. The molecule has 200 valence electrons. The summed E-state index contributed by atoms with van der Waals surface area (Å²) >= 11 is 0. The highest BCUT2D eigenvalue weighted by atomic mass is 16.5. The van der Waals surface area contributed by atoms with E-state index in [4.69, 9.17) is 15.5 Å². The van der Waals surface area contributed by atoms with Gasteiger partial charge in [0.05, 0.1) is 22.7 Å². The maximum Gasteiger partial charge on any atom is 0.257 e. The summed E-state index contributed by atoms with van der Waals surface area (Å²) in [6.07, 6.45) is 10.3. The number of anilines is 2. The number of amides is 2. The molecule has 3 N–H and O–H groups in total. The average Bonchev–Trinajstić information content (AvgIpc) is 3.67. The first-order valence-electron chi connectivity index (χ1n) is 13.2. The van der Waals surface area contributed by atoms with Crippen molar-refractivity contribution in [1.29, 1.82) is 0 Å². The van der Waals surface area contributed by atoms with Gasteiger partial charge >= 0.3 is 0 Å². The molecule has 9 heteroatoms. The first-order valence-corrected chi connectivity index (χ1v) is 13.2. The fourth-order valence-electron chi connectivity index (χ4n) is 4.53. The number of primary amides is 1. The Hall–Kier alpha value is -4.37. The molecule has 0 radical (unpaired) electrons. The Kier molecular flexibility index (Phi) is 8.07. The van der Waals surface area contributed by atoms with Crippen LogP contribution < -0.4 is 16.0 Å². The molecule has 39 heavy (non-hydrogen) atoms. The number of hydrogen-bond donors (Lipinski definition) is 2. The SMILES string of the molecule is Cc1cc(N2CC[C@H](OCC3CC3)C2)c2ccc(NC(=O)c3cccnc3)cc2n1.NC(=O)c1cccnc1. The summed E-state index contributed by atoms with van der Waals surface area (Å²) in [7, 11) is 0. The zero-order valence-corrected chi connectivity index (χ0v) is 21.9. The second-order valence-electron chi connectivity index (χ2n) is 9.95. The Labute approximate surface area is 227 Å². The number of fused-ring (bicyclic) bond motifs is 1. The number of aromatic nitrogens is 3. The van der Waals surface area contributed by atoms with Gasteiger partial charge in [-0.25, -0.2) is 0 Å². The maximum absolute atomic E-state index is 12.4. The van der Waals surface area contributed by atoms with Crippen LogP contribution in [0.3, 0.4) is 0 Å². The number of hydrogen-bond acceptors (Lipinski definition) is 7. The number of carbonyl (C=O) groups is 2. The third-order valence-corrected chi connectivity index (χ3v) is 6.79. The van der Waals surface area contributed by atoms with Gasteiger partial charge in [0, 0.05) is 66.9 Å². The summed E-state index contributed by atoms with van der Waals surface area (Å²) in [5.41, 5.74) is 9.69. The summed E-state index contributed by atoms with van der Waals surface area (Å²) in [6.45, 7) is 4.84. The van der Waals surface area contributed by atoms with Gasteiger partial charge in [-0.05, 0) is 80.6 Å². The van der Waals surface area contributed by atoms with E-state index >= 15 is 0 Å². The lowest BCUT2D eigenvalue weighted by Crippen LogP contribution is -2.23. The molecule has 0 spiro atoms. The molecule has 2 amide bonds. The molecule has 1 atom stereocenters. The van der Waals surface area contributed by atoms with Crippen molar-refractivity contribution in [2.24, 2.45) is 11.7 Å². The van der Waals surface area contributed by atoms with Crippen LogP contribution in [0.1, 0.15) is 45.7 Å². The molecule has 2 fully saturated rings. The number of rotatable bonds is 7. The van der Waals surface area contributed by atoms with Crippen LogP contribution in [0, 0.1) is 12.8 Å². The summed E-state index contributed by atoms with van der Waals surface area (Å²) in [5, 5.41) is 4.05. The Morgan fingerprint density at radius 3 is 2.41 bits per heavy atom. The van der Waals surface area contributed by atoms with E-state index in [1.54, 1.807) is 42.9 Å². The largest absolute Gasteiger partial charge is 0.376 e. The minimum absolute atomic E-state index is 0.175. The van der Waals surface area contributed by atoms with Gasteiger partial charge in [0.2, 0.25) is 5.91 Å². The summed E-state index contributed by atoms with van der Waals surface area (Å²) < 4.78 is 6.12. The first kappa shape index (κ1) is 26.2. The van der Waals surface area contributed by atoms with Crippen molar-refractivity contribution >= 4 is 34.1 Å². The number of nitrogens with zero attached hydrogens (tertiary/aromatic N) is 4. The van der Waals surface area contributed by atoms with Crippen molar-refractivity contribution in [1.82, 2.24) is 15.0 Å². The lowest BCUT2D eigenvalue weighted by molar-refractivity contribution is 0.0605. The van der Waals surface area contributed by atoms with Crippen LogP contribution in [0.4, 0.5) is 11.4 Å². The number of benzene rings is 1. The van der Waals surface area contributed by atoms with E-state index in [-0.39, 0.29) is 5.91 Å². The number of carbonyl (C=O) groups excluding carboxylic acids is 2. The molecule has 6 rings (SSSR count). The minimum Gasteiger partial charge on any atom is -0.376 e. The molecule has 0 bridgehead atoms. The van der Waals surface area contributed by atoms with Crippen molar-refractivity contribution in [2.45, 2.75) is 32.3 Å². The predicted octanol–water partition coefficient (Wildman–Crippen LogP) is 4.38. The number of nitrogens with two attached hydrogens (primary N) is 1. The Morgan fingerprint density at radius 1 is 1.03 bits per heavy atom. The van der Waals surface area contributed by atoms with Gasteiger partial charge in [-0.15, -0.1) is 0 Å². The molecule has 1 saturated carbocycles. The highest BCUT2D eigenvalue weighted by molar-refractivity contribution is 6.05. The molecule has 0 unspecified atom stereocenters. The van der Waals surface area contributed by atoms with E-state index in [1.165, 1.54) is 24.7 Å². The zero-order valence-electron chi connectivity index (χ0n) is 21.9. The molecule has 1 aromatic carbocycles. The van der Waals surface area contributed by atoms with Crippen molar-refractivity contribution in [3.8, 4) is 0 Å². The number of pyridine rings is 3. The highest BCUT2D eigenvalue weighted by Gasteiger charge is 2.28. The van der Waals surface area contributed by atoms with Gasteiger partial charge in [-0.3, -0.25) is 24.5 Å². The van der Waals surface area contributed by atoms with Crippen LogP contribution in [-0.2, 0) is 4.74 Å². The zero-order chi connectivity index (χ0) is 27.2. The van der Waals surface area contributed by atoms with E-state index in [9.17, 15) is 9.59 Å². The third-order valence-electron chi connectivity index (χ3n) is 6.79. The van der Waals surface area contributed by atoms with Crippen molar-refractivity contribution in [3.63, 3.8) is 0 Å². The molecule has 3 aromatic heterocycles. The topological polar surface area (TPSA) is 123 Å². The van der Waals surface area contributed by atoms with Crippen molar-refractivity contribution < 1.29 is 14.3 Å². The molecule has 9 nitrogen and oxygen atoms in total. The van der Waals surface area contributed by atoms with Gasteiger partial charge in [0.25, 0.3) is 5.91 Å². The standard InChI is InChI=1S/C24H26N4O2.C6H6N2O/c1-16-11-23(28-10-8-20(14-28)30-15-17-4-5-17)21-7-6-19(12-22(21)26-16)27-24(29)18-3-2-9-25-13-18;7-6(9)5-2-1-3-8-4-5/h2-3,6-7,9,11-13,17,20H,4-5,8,10,14-15H2,1H3,(H,27,29);1-4H,(H2,7,9)/t20-;/m0./s1. The third kappa shape index (κ3) is 6.94. The minimum atomic E-state index is -0.442. The van der Waals surface area contributed by atoms with Crippen LogP contribution in [-0.4, -0.2) is 52.6 Å². The van der Waals surface area contributed by atoms with Crippen molar-refractivity contribution in [3.05, 3.63) is 90.1 Å². The lowest BCUT2D eigenvalue weighted by Gasteiger charge is -2.21. The Balaban J connectivity index is 0.000000292. The van der Waals surface area contributed by atoms with Gasteiger partial charge in [0.1, 0.15) is 0 Å². The number of aryl methyl sites for hydroxylation is 1. The predicted molar refractivity (Wildman–Crippen MR) is 151 cm³/mol. The number of ether oxygens (including phenoxy) is 1. The molecular weight excluding hydrogens is 492 g/mol. The van der Waals surface area contributed by atoms with Gasteiger partial charge in [-0.1, -0.05) is 0 Å². The van der Waals surface area contributed by atoms with E-state index in [1.807, 2.05) is 25.1 Å². The van der Waals surface area contributed by atoms with E-state index in [2.05, 4.69) is 26.3 Å². The second kappa shape index (κ2) is 12.0. The van der Waals surface area contributed by atoms with E-state index < -0.39 is 5.91 Å². The lowest BCUT2D eigenvalue weighted by atomic mass is 10.1. The molecular formula is C30H32N6O3. The molecule has 1 aliphatic heterocycles. The average molecular weight is 525 g/mol. The van der Waals surface area contributed by atoms with Gasteiger partial charge in [0.15, 0.2) is 0 Å². The van der Waals surface area contributed by atoms with Crippen LogP contribution in [0.5, 0.6) is 0 Å². The maximum atomic E-state index is 12.4. The smallest absolute Gasteiger partial charge is 0.257 e. The number of nitrogens with one attached hydrogen (secondary N) is 1. The normalized spacial score (nSPS) is 16.4. The summed E-state index contributed by atoms with van der Waals surface area (Å²) in [4.78, 5) is 37.7. The highest BCUT2D eigenvalue weighted by Crippen LogP contribution is 2.33. The first-order chi connectivity index (χ1) is 19.0. The van der Waals surface area contributed by atoms with Crippen LogP contribution >= 0.6 is 0 Å². The van der Waals surface area contributed by atoms with E-state index in [0.29, 0.717) is 17.2 Å². The van der Waals surface area contributed by atoms with Crippen LogP contribution in [0.25, 0.3) is 10.9 Å². The van der Waals surface area contributed by atoms with Gasteiger partial charge in [-0.2, -0.15) is 0 Å². The van der Waals surface area contributed by atoms with Crippen LogP contribution in [0.15, 0.2) is 73.3 Å². The molecule has 4 heterocycles. The van der Waals surface area contributed by atoms with Gasteiger partial charge < -0.3 is 20.7 Å². The van der Waals surface area contributed by atoms with Crippen LogP contribution in [0.2, 0.25) is 0 Å². The molecule has 2 aliphatic rings. The monoisotopic (exact) mass is 524 g/mol. The summed E-state index contributed by atoms with van der Waals surface area (Å²) in [6, 6.07) is 14.9. The molecule has 1 aliphatic carbocycles. The molecule has 4 aromatic rings. The van der Waals surface area contributed by atoms with E-state index in [0.717, 1.165) is 54.3 Å². The quantitative estimate of drug-likeness (QED) is 0.368. The summed E-state index contributed by atoms with van der Waals surface area (Å²) in [5.74, 6) is 0.178. The Morgan fingerprint density at radius 2 is 1.77 bits per heavy atom. The van der Waals surface area contributed by atoms with Crippen molar-refractivity contribution in [2.75, 3.05) is 29.9 Å². The Bertz CT molecular complexity index is 1440. The fourth-order valence-corrected chi connectivity index (χ4v) is 4.53. The fraction of sp³-hybridized carbons (Fsp3) is 0.300.